The molecule has 0 radical (unpaired) electrons. The van der Waals surface area contributed by atoms with E-state index in [0.29, 0.717) is 22.6 Å². The van der Waals surface area contributed by atoms with E-state index < -0.39 is 72.1 Å². The average molecular weight is 1070 g/mol. The molecule has 4 aromatic carbocycles. The van der Waals surface area contributed by atoms with Gasteiger partial charge in [-0.3, -0.25) is 0 Å². The summed E-state index contributed by atoms with van der Waals surface area (Å²) < 4.78 is 144. The summed E-state index contributed by atoms with van der Waals surface area (Å²) in [4.78, 5) is 18.8. The Balaban J connectivity index is 0.00000324. The molecule has 2 atom stereocenters. The smallest absolute Gasteiger partial charge is 0.744 e. The Morgan fingerprint density at radius 1 is 0.557 bits per heavy atom. The van der Waals surface area contributed by atoms with Gasteiger partial charge in [0.2, 0.25) is 5.95 Å². The van der Waals surface area contributed by atoms with Crippen LogP contribution in [0.5, 0.6) is 0 Å². The van der Waals surface area contributed by atoms with E-state index in [9.17, 15) is 57.0 Å². The summed E-state index contributed by atoms with van der Waals surface area (Å²) in [5, 5.41) is 27.6. The third kappa shape index (κ3) is 15.2. The number of hydrogen-bond donors (Lipinski definition) is 2. The minimum Gasteiger partial charge on any atom is -0.744 e. The molecule has 0 saturated carbocycles. The zero-order valence-electron chi connectivity index (χ0n) is 37.8. The first-order valence-electron chi connectivity index (χ1n) is 18.8. The van der Waals surface area contributed by atoms with Crippen molar-refractivity contribution in [3.63, 3.8) is 0 Å². The van der Waals surface area contributed by atoms with Gasteiger partial charge in [0.25, 0.3) is 11.9 Å². The molecular formula is C39H30N10Na4O13S4. The zero-order chi connectivity index (χ0) is 47.8. The fraction of sp³-hybridized carbons (Fsp3) is 0.154. The SMILES string of the molecule is CC1=C/C(=N/c2nc(/N=C3\C=CC(N=Nc4cc(S(=O)(=O)[O-])c5cccc(S(=O)(=O)[O-])c5c4)C(C)=C3)nc(NCCO)n2)C=CC1N=Nc1cc(S(=O)(=O)[O-])c2cccc(S(=O)(=O)[O-])c2c1.[Na+].[Na+].[Na+].[Na+]. The van der Waals surface area contributed by atoms with Crippen LogP contribution in [-0.4, -0.2) is 109 Å². The van der Waals surface area contributed by atoms with Crippen molar-refractivity contribution in [1.82, 2.24) is 15.0 Å². The molecule has 0 aliphatic heterocycles. The number of fused-ring (bicyclic) bond motifs is 2. The molecule has 0 bridgehead atoms. The minimum absolute atomic E-state index is 0. The maximum Gasteiger partial charge on any atom is 1.00 e. The van der Waals surface area contributed by atoms with Crippen LogP contribution >= 0.6 is 0 Å². The molecule has 5 aromatic rings. The van der Waals surface area contributed by atoms with Gasteiger partial charge in [-0.25, -0.2) is 43.7 Å². The van der Waals surface area contributed by atoms with Crippen LogP contribution in [0.4, 0.5) is 29.2 Å². The topological polar surface area (TPSA) is 374 Å². The number of nitrogens with zero attached hydrogens (tertiary/aromatic N) is 9. The normalized spacial score (nSPS) is 17.5. The van der Waals surface area contributed by atoms with Crippen molar-refractivity contribution >= 4 is 103 Å². The van der Waals surface area contributed by atoms with E-state index in [1.807, 2.05) is 0 Å². The quantitative estimate of drug-likeness (QED) is 0.0628. The Morgan fingerprint density at radius 2 is 0.943 bits per heavy atom. The van der Waals surface area contributed by atoms with Gasteiger partial charge in [-0.05, 0) is 85.7 Å². The number of azo groups is 2. The molecule has 7 rings (SSSR count). The fourth-order valence-corrected chi connectivity index (χ4v) is 9.38. The number of allylic oxidation sites excluding steroid dienone is 4. The van der Waals surface area contributed by atoms with Gasteiger partial charge < -0.3 is 28.6 Å². The average Bonchev–Trinajstić information content (AvgIpc) is 3.22. The zero-order valence-corrected chi connectivity index (χ0v) is 49.1. The van der Waals surface area contributed by atoms with Crippen LogP contribution in [0.15, 0.2) is 158 Å². The van der Waals surface area contributed by atoms with Gasteiger partial charge in [0.05, 0.1) is 49.0 Å². The summed E-state index contributed by atoms with van der Waals surface area (Å²) in [5.74, 6) is -0.187. The molecule has 2 unspecified atom stereocenters. The van der Waals surface area contributed by atoms with Gasteiger partial charge >= 0.3 is 118 Å². The van der Waals surface area contributed by atoms with E-state index in [1.165, 1.54) is 12.1 Å². The third-order valence-electron chi connectivity index (χ3n) is 9.53. The first-order chi connectivity index (χ1) is 31.0. The van der Waals surface area contributed by atoms with Gasteiger partial charge in [-0.15, -0.1) is 0 Å². The standard InChI is InChI=1S/C39H34N10O13S4.4Na/c1-21-15-23(9-11-31(21)48-46-25-17-29-27(35(19-25)65(57,58)59)5-3-7-33(29)63(51,52)53)41-38-43-37(40-13-14-50)44-39(45-38)42-24-10-12-32(22(2)16-24)49-47-26-18-30-28(36(20-26)66(60,61)62)6-4-8-34(30)64(54,55)56;;;;/h3-12,15-20,31-32,50H,13-14H2,1-2H3,(H,51,52,53)(H,54,55,56)(H,57,58,59)(H,60,61,62)(H,40,43,44,45);;;;/q;4*+1/p-4/b41-23+,42-24+,48-46?,49-47?;;;;. The first-order valence-corrected chi connectivity index (χ1v) is 24.4. The van der Waals surface area contributed by atoms with Crippen LogP contribution in [-0.2, 0) is 40.5 Å². The summed E-state index contributed by atoms with van der Waals surface area (Å²) in [6.45, 7) is 3.16. The number of rotatable bonds is 13. The van der Waals surface area contributed by atoms with Crippen LogP contribution in [0.3, 0.4) is 0 Å². The number of aliphatic hydroxyl groups is 1. The molecule has 0 fully saturated rings. The molecule has 70 heavy (non-hydrogen) atoms. The van der Waals surface area contributed by atoms with Crippen molar-refractivity contribution in [3.05, 3.63) is 108 Å². The maximum atomic E-state index is 12.1. The van der Waals surface area contributed by atoms with Crippen molar-refractivity contribution in [3.8, 4) is 0 Å². The van der Waals surface area contributed by atoms with E-state index in [0.717, 1.165) is 48.5 Å². The van der Waals surface area contributed by atoms with Crippen molar-refractivity contribution in [2.24, 2.45) is 30.4 Å². The number of nitrogens with one attached hydrogen (secondary N) is 1. The summed E-state index contributed by atoms with van der Waals surface area (Å²) in [6, 6.07) is 9.26. The number of aromatic nitrogens is 3. The second-order valence-corrected chi connectivity index (χ2v) is 19.6. The minimum atomic E-state index is -5.14. The van der Waals surface area contributed by atoms with Crippen molar-refractivity contribution in [1.29, 1.82) is 0 Å². The number of aliphatic hydroxyl groups excluding tert-OH is 1. The van der Waals surface area contributed by atoms with Crippen LogP contribution in [0.1, 0.15) is 13.8 Å². The third-order valence-corrected chi connectivity index (χ3v) is 13.1. The van der Waals surface area contributed by atoms with Gasteiger partial charge in [-0.2, -0.15) is 35.4 Å². The molecule has 2 N–H and O–H groups in total. The molecule has 1 aromatic heterocycles. The molecule has 23 nitrogen and oxygen atoms in total. The number of aliphatic imine (C=N–C) groups is 2. The molecule has 0 spiro atoms. The van der Waals surface area contributed by atoms with Crippen molar-refractivity contribution in [2.75, 3.05) is 18.5 Å². The van der Waals surface area contributed by atoms with Gasteiger partial charge in [0.1, 0.15) is 52.6 Å². The Hall–Kier alpha value is -2.69. The number of hydrogen-bond acceptors (Lipinski definition) is 23. The Morgan fingerprint density at radius 3 is 1.29 bits per heavy atom. The number of anilines is 1. The van der Waals surface area contributed by atoms with Crippen LogP contribution in [0.2, 0.25) is 0 Å². The molecular weight excluding hydrogens is 1040 g/mol. The van der Waals surface area contributed by atoms with Crippen molar-refractivity contribution < 1.29 is 175 Å². The van der Waals surface area contributed by atoms with E-state index in [1.54, 1.807) is 50.3 Å². The van der Waals surface area contributed by atoms with E-state index in [-0.39, 0.29) is 182 Å². The van der Waals surface area contributed by atoms with E-state index >= 15 is 0 Å². The van der Waals surface area contributed by atoms with Crippen LogP contribution in [0, 0.1) is 0 Å². The summed E-state index contributed by atoms with van der Waals surface area (Å²) in [7, 11) is -20.4. The Bertz CT molecular complexity index is 3370. The van der Waals surface area contributed by atoms with Gasteiger partial charge in [-0.1, -0.05) is 36.4 Å². The van der Waals surface area contributed by atoms with E-state index in [4.69, 9.17) is 0 Å². The predicted octanol–water partition coefficient (Wildman–Crippen LogP) is -7.30. The summed E-state index contributed by atoms with van der Waals surface area (Å²) >= 11 is 0. The largest absolute Gasteiger partial charge is 1.00 e. The maximum absolute atomic E-state index is 12.1. The molecule has 1 heterocycles. The summed E-state index contributed by atoms with van der Waals surface area (Å²) in [6.07, 6.45) is 9.50. The van der Waals surface area contributed by atoms with Gasteiger partial charge in [0.15, 0.2) is 0 Å². The second-order valence-electron chi connectivity index (χ2n) is 14.2. The molecule has 2 aliphatic rings. The first kappa shape index (κ1) is 61.6. The fourth-order valence-electron chi connectivity index (χ4n) is 6.59. The van der Waals surface area contributed by atoms with Crippen molar-refractivity contribution in [2.45, 2.75) is 45.5 Å². The molecule has 342 valence electrons. The molecule has 0 amide bonds. The summed E-state index contributed by atoms with van der Waals surface area (Å²) in [5.41, 5.74) is 1.41. The van der Waals surface area contributed by atoms with E-state index in [2.05, 4.69) is 50.7 Å². The van der Waals surface area contributed by atoms with Gasteiger partial charge in [0, 0.05) is 28.1 Å². The molecule has 0 saturated heterocycles. The number of benzene rings is 4. The molecule has 2 aliphatic carbocycles. The Labute approximate surface area is 489 Å². The van der Waals surface area contributed by atoms with Crippen LogP contribution < -0.4 is 124 Å². The molecule has 31 heteroatoms. The van der Waals surface area contributed by atoms with Crippen LogP contribution in [0.25, 0.3) is 21.5 Å². The second kappa shape index (κ2) is 25.0. The predicted molar refractivity (Wildman–Crippen MR) is 232 cm³/mol. The Kier molecular flexibility index (Phi) is 22.0. The monoisotopic (exact) mass is 1070 g/mol.